The van der Waals surface area contributed by atoms with Gasteiger partial charge < -0.3 is 10.1 Å². The second-order valence-electron chi connectivity index (χ2n) is 1.31. The van der Waals surface area contributed by atoms with Crippen LogP contribution in [0, 0.1) is 15.5 Å². The van der Waals surface area contributed by atoms with E-state index in [4.69, 9.17) is 5.41 Å². The third-order valence-electron chi connectivity index (χ3n) is 0.710. The van der Waals surface area contributed by atoms with Crippen LogP contribution >= 0.6 is 0 Å². The molecule has 1 heterocycles. The monoisotopic (exact) mass is 126 g/mol. The molecule has 6 heteroatoms. The van der Waals surface area contributed by atoms with Crippen molar-refractivity contribution < 1.29 is 4.92 Å². The summed E-state index contributed by atoms with van der Waals surface area (Å²) < 4.78 is 0. The molecule has 0 aromatic rings. The molecule has 0 aromatic heterocycles. The smallest absolute Gasteiger partial charge is 0.358 e. The Morgan fingerprint density at radius 2 is 2.44 bits per heavy atom. The highest BCUT2D eigenvalue weighted by atomic mass is 16.6. The molecule has 1 N–H and O–H groups in total. The van der Waals surface area contributed by atoms with Gasteiger partial charge >= 0.3 is 11.8 Å². The molecule has 1 rings (SSSR count). The van der Waals surface area contributed by atoms with E-state index >= 15 is 0 Å². The Hall–Kier alpha value is -1.59. The van der Waals surface area contributed by atoms with Gasteiger partial charge in [-0.25, -0.2) is 5.41 Å². The van der Waals surface area contributed by atoms with E-state index in [9.17, 15) is 10.1 Å². The van der Waals surface area contributed by atoms with Gasteiger partial charge in [0, 0.05) is 4.99 Å². The van der Waals surface area contributed by atoms with Crippen LogP contribution in [-0.4, -0.2) is 22.9 Å². The fourth-order valence-electron chi connectivity index (χ4n) is 0.373. The molecular formula is C3H2N4O2. The highest BCUT2D eigenvalue weighted by Gasteiger charge is 2.17. The van der Waals surface area contributed by atoms with Crippen molar-refractivity contribution in [1.29, 1.82) is 5.41 Å². The predicted octanol–water partition coefficient (Wildman–Crippen LogP) is -0.319. The van der Waals surface area contributed by atoms with Gasteiger partial charge in [-0.1, -0.05) is 0 Å². The normalized spacial score (nSPS) is 16.0. The maximum absolute atomic E-state index is 9.83. The second kappa shape index (κ2) is 1.73. The average Bonchev–Trinajstić information content (AvgIpc) is 2.14. The maximum Gasteiger partial charge on any atom is 0.386 e. The van der Waals surface area contributed by atoms with Crippen molar-refractivity contribution in [2.24, 2.45) is 9.98 Å². The van der Waals surface area contributed by atoms with E-state index in [-0.39, 0.29) is 11.8 Å². The van der Waals surface area contributed by atoms with Crippen molar-refractivity contribution in [2.75, 3.05) is 0 Å². The summed E-state index contributed by atoms with van der Waals surface area (Å²) in [5.41, 5.74) is 0. The molecular weight excluding hydrogens is 124 g/mol. The van der Waals surface area contributed by atoms with Crippen LogP contribution in [0.1, 0.15) is 0 Å². The van der Waals surface area contributed by atoms with Gasteiger partial charge in [0.25, 0.3) is 0 Å². The molecule has 0 spiro atoms. The predicted molar refractivity (Wildman–Crippen MR) is 30.6 cm³/mol. The van der Waals surface area contributed by atoms with Crippen LogP contribution in [0.2, 0.25) is 0 Å². The molecule has 0 bridgehead atoms. The van der Waals surface area contributed by atoms with Crippen molar-refractivity contribution in [3.05, 3.63) is 10.1 Å². The topological polar surface area (TPSA) is 91.7 Å². The van der Waals surface area contributed by atoms with E-state index < -0.39 is 4.92 Å². The Balaban J connectivity index is 2.88. The number of hydrogen-bond acceptors (Lipinski definition) is 3. The second-order valence-corrected chi connectivity index (χ2v) is 1.31. The molecule has 1 aliphatic rings. The van der Waals surface area contributed by atoms with Crippen molar-refractivity contribution >= 4 is 18.0 Å². The highest BCUT2D eigenvalue weighted by Crippen LogP contribution is 1.90. The van der Waals surface area contributed by atoms with E-state index in [2.05, 4.69) is 9.98 Å². The van der Waals surface area contributed by atoms with Gasteiger partial charge in [0.05, 0.1) is 0 Å². The summed E-state index contributed by atoms with van der Waals surface area (Å²) in [5, 5.41) is 16.5. The minimum Gasteiger partial charge on any atom is -0.358 e. The van der Waals surface area contributed by atoms with Gasteiger partial charge in [-0.05, 0) is 4.92 Å². The van der Waals surface area contributed by atoms with E-state index in [1.54, 1.807) is 0 Å². The molecule has 0 saturated heterocycles. The first-order chi connectivity index (χ1) is 4.20. The number of nitrogens with one attached hydrogen (secondary N) is 1. The van der Waals surface area contributed by atoms with Gasteiger partial charge in [-0.2, -0.15) is 4.99 Å². The van der Waals surface area contributed by atoms with Crippen LogP contribution in [0.25, 0.3) is 0 Å². The van der Waals surface area contributed by atoms with Gasteiger partial charge in [0.15, 0.2) is 0 Å². The minimum atomic E-state index is -0.689. The van der Waals surface area contributed by atoms with Crippen LogP contribution in [-0.2, 0) is 0 Å². The lowest BCUT2D eigenvalue weighted by atomic mass is 10.7. The highest BCUT2D eigenvalue weighted by molar-refractivity contribution is 6.33. The molecule has 9 heavy (non-hydrogen) atoms. The molecule has 0 aromatic carbocycles. The zero-order valence-corrected chi connectivity index (χ0v) is 4.24. The van der Waals surface area contributed by atoms with Crippen LogP contribution < -0.4 is 0 Å². The van der Waals surface area contributed by atoms with Gasteiger partial charge in [-0.3, -0.25) is 0 Å². The standard InChI is InChI=1S/C3H2N4O2/c4-3-5-1-2(6-3)7(8)9/h1,4H. The number of hydrogen-bond donors (Lipinski definition) is 1. The number of aliphatic imine (C=N–C) groups is 2. The average molecular weight is 126 g/mol. The molecule has 0 aliphatic carbocycles. The van der Waals surface area contributed by atoms with Crippen molar-refractivity contribution in [3.8, 4) is 0 Å². The molecule has 0 saturated carbocycles. The number of nitrogens with zero attached hydrogens (tertiary/aromatic N) is 3. The largest absolute Gasteiger partial charge is 0.386 e. The quantitative estimate of drug-likeness (QED) is 0.356. The Morgan fingerprint density at radius 1 is 1.78 bits per heavy atom. The third-order valence-corrected chi connectivity index (χ3v) is 0.710. The summed E-state index contributed by atoms with van der Waals surface area (Å²) in [6, 6.07) is 0. The Labute approximate surface area is 49.6 Å². The maximum atomic E-state index is 9.83. The summed E-state index contributed by atoms with van der Waals surface area (Å²) in [4.78, 5) is 15.6. The lowest BCUT2D eigenvalue weighted by molar-refractivity contribution is -0.345. The Bertz CT molecular complexity index is 228. The van der Waals surface area contributed by atoms with E-state index in [1.165, 1.54) is 0 Å². The third kappa shape index (κ3) is 0.958. The van der Waals surface area contributed by atoms with Gasteiger partial charge in [-0.15, -0.1) is 0 Å². The summed E-state index contributed by atoms with van der Waals surface area (Å²) in [6.07, 6.45) is 0.947. The molecule has 0 fully saturated rings. The van der Waals surface area contributed by atoms with Gasteiger partial charge in [0.2, 0.25) is 0 Å². The Kier molecular flexibility index (Phi) is 1.07. The van der Waals surface area contributed by atoms with E-state index in [0.29, 0.717) is 0 Å². The van der Waals surface area contributed by atoms with Crippen LogP contribution in [0.15, 0.2) is 9.98 Å². The van der Waals surface area contributed by atoms with Gasteiger partial charge in [0.1, 0.15) is 6.21 Å². The number of rotatable bonds is 0. The van der Waals surface area contributed by atoms with Crippen LogP contribution in [0.5, 0.6) is 0 Å². The SMILES string of the molecule is N=C1N=CC([N+](=O)[O-])=N1. The lowest BCUT2D eigenvalue weighted by Gasteiger charge is -1.82. The fourth-order valence-corrected chi connectivity index (χ4v) is 0.373. The first-order valence-electron chi connectivity index (χ1n) is 2.06. The molecule has 46 valence electrons. The lowest BCUT2D eigenvalue weighted by Crippen LogP contribution is -2.09. The zero-order chi connectivity index (χ0) is 6.85. The Morgan fingerprint density at radius 3 is 2.67 bits per heavy atom. The summed E-state index contributed by atoms with van der Waals surface area (Å²) in [6.45, 7) is 0. The first kappa shape index (κ1) is 5.54. The van der Waals surface area contributed by atoms with E-state index in [0.717, 1.165) is 6.21 Å². The summed E-state index contributed by atoms with van der Waals surface area (Å²) in [7, 11) is 0. The molecule has 0 unspecified atom stereocenters. The van der Waals surface area contributed by atoms with Crippen molar-refractivity contribution in [3.63, 3.8) is 0 Å². The molecule has 6 nitrogen and oxygen atoms in total. The zero-order valence-electron chi connectivity index (χ0n) is 4.24. The summed E-state index contributed by atoms with van der Waals surface area (Å²) in [5.74, 6) is -0.693. The summed E-state index contributed by atoms with van der Waals surface area (Å²) >= 11 is 0. The van der Waals surface area contributed by atoms with E-state index in [1.807, 2.05) is 0 Å². The number of nitro groups is 1. The van der Waals surface area contributed by atoms with Crippen molar-refractivity contribution in [1.82, 2.24) is 0 Å². The first-order valence-corrected chi connectivity index (χ1v) is 2.06. The molecule has 0 amide bonds. The fraction of sp³-hybridized carbons (Fsp3) is 0. The van der Waals surface area contributed by atoms with Crippen LogP contribution in [0.3, 0.4) is 0 Å². The number of guanidine groups is 1. The van der Waals surface area contributed by atoms with Crippen LogP contribution in [0.4, 0.5) is 0 Å². The minimum absolute atomic E-state index is 0.318. The molecule has 1 aliphatic heterocycles. The molecule has 0 radical (unpaired) electrons. The van der Waals surface area contributed by atoms with Crippen molar-refractivity contribution in [2.45, 2.75) is 0 Å². The molecule has 0 atom stereocenters. The number of amidine groups is 1.